The van der Waals surface area contributed by atoms with E-state index < -0.39 is 30.6 Å². The Kier molecular flexibility index (Phi) is 5.19. The van der Waals surface area contributed by atoms with Crippen LogP contribution in [0.3, 0.4) is 0 Å². The zero-order valence-electron chi connectivity index (χ0n) is 14.2. The number of nitrogens with zero attached hydrogens (tertiary/aromatic N) is 4. The second kappa shape index (κ2) is 7.20. The number of aromatic nitrogens is 4. The molecule has 0 aliphatic carbocycles. The third-order valence-electron chi connectivity index (χ3n) is 4.86. The van der Waals surface area contributed by atoms with Crippen LogP contribution in [0.5, 0.6) is 0 Å². The van der Waals surface area contributed by atoms with Gasteiger partial charge in [0.2, 0.25) is 0 Å². The van der Waals surface area contributed by atoms with Crippen molar-refractivity contribution in [3.63, 3.8) is 0 Å². The minimum atomic E-state index is -1.25. The van der Waals surface area contributed by atoms with E-state index in [2.05, 4.69) is 21.9 Å². The molecule has 0 radical (unpaired) electrons. The number of fused-ring (bicyclic) bond motifs is 1. The first kappa shape index (κ1) is 18.0. The van der Waals surface area contributed by atoms with Gasteiger partial charge in [-0.25, -0.2) is 15.0 Å². The Hall–Kier alpha value is -1.81. The number of hydrogen-bond acceptors (Lipinski definition) is 8. The molecule has 5 N–H and O–H groups in total. The molecule has 0 amide bonds. The normalized spacial score (nSPS) is 29.5. The van der Waals surface area contributed by atoms with Crippen molar-refractivity contribution in [3.05, 3.63) is 12.7 Å². The molecule has 1 aliphatic heterocycles. The van der Waals surface area contributed by atoms with Crippen LogP contribution in [-0.2, 0) is 10.5 Å². The number of nitrogen functional groups attached to an aromatic ring is 1. The monoisotopic (exact) mass is 351 g/mol. The number of aliphatic hydroxyl groups excluding tert-OH is 3. The van der Waals surface area contributed by atoms with E-state index in [0.717, 1.165) is 25.7 Å². The number of imidazole rings is 1. The number of aliphatic hydroxyl groups is 3. The molecule has 0 aromatic carbocycles. The van der Waals surface area contributed by atoms with Gasteiger partial charge in [-0.1, -0.05) is 26.2 Å². The van der Waals surface area contributed by atoms with Crippen LogP contribution in [0.1, 0.15) is 39.0 Å². The van der Waals surface area contributed by atoms with Gasteiger partial charge in [0.05, 0.1) is 12.9 Å². The van der Waals surface area contributed by atoms with Crippen LogP contribution in [-0.4, -0.2) is 59.8 Å². The van der Waals surface area contributed by atoms with E-state index in [-0.39, 0.29) is 5.82 Å². The first-order valence-corrected chi connectivity index (χ1v) is 8.64. The Morgan fingerprint density at radius 3 is 2.72 bits per heavy atom. The molecule has 1 saturated heterocycles. The van der Waals surface area contributed by atoms with Crippen molar-refractivity contribution in [2.75, 3.05) is 12.3 Å². The highest BCUT2D eigenvalue weighted by Crippen LogP contribution is 2.41. The summed E-state index contributed by atoms with van der Waals surface area (Å²) < 4.78 is 7.57. The van der Waals surface area contributed by atoms with Crippen molar-refractivity contribution in [2.45, 2.75) is 63.1 Å². The average Bonchev–Trinajstić information content (AvgIpc) is 3.15. The summed E-state index contributed by atoms with van der Waals surface area (Å²) in [5, 5.41) is 30.5. The third kappa shape index (κ3) is 2.97. The van der Waals surface area contributed by atoms with Crippen LogP contribution in [0.4, 0.5) is 5.82 Å². The van der Waals surface area contributed by atoms with Crippen molar-refractivity contribution in [1.82, 2.24) is 19.5 Å². The number of unbranched alkanes of at least 4 members (excludes halogenated alkanes) is 3. The summed E-state index contributed by atoms with van der Waals surface area (Å²) in [4.78, 5) is 12.4. The Morgan fingerprint density at radius 2 is 2.04 bits per heavy atom. The Labute approximate surface area is 145 Å². The highest BCUT2D eigenvalue weighted by atomic mass is 16.6. The molecule has 0 bridgehead atoms. The molecule has 4 atom stereocenters. The van der Waals surface area contributed by atoms with Crippen LogP contribution < -0.4 is 5.73 Å². The highest BCUT2D eigenvalue weighted by Gasteiger charge is 2.55. The van der Waals surface area contributed by atoms with Crippen molar-refractivity contribution >= 4 is 17.0 Å². The first-order valence-electron chi connectivity index (χ1n) is 8.64. The lowest BCUT2D eigenvalue weighted by atomic mass is 9.96. The molecule has 0 unspecified atom stereocenters. The van der Waals surface area contributed by atoms with Crippen molar-refractivity contribution < 1.29 is 20.1 Å². The van der Waals surface area contributed by atoms with Gasteiger partial charge in [0.1, 0.15) is 30.2 Å². The van der Waals surface area contributed by atoms with Crippen molar-refractivity contribution in [1.29, 1.82) is 0 Å². The molecule has 3 heterocycles. The van der Waals surface area contributed by atoms with Gasteiger partial charge >= 0.3 is 0 Å². The van der Waals surface area contributed by atoms with E-state index in [9.17, 15) is 15.3 Å². The van der Waals surface area contributed by atoms with E-state index >= 15 is 0 Å². The third-order valence-corrected chi connectivity index (χ3v) is 4.86. The average molecular weight is 351 g/mol. The minimum absolute atomic E-state index is 0.233. The topological polar surface area (TPSA) is 140 Å². The van der Waals surface area contributed by atoms with E-state index in [1.54, 1.807) is 4.57 Å². The molecule has 9 nitrogen and oxygen atoms in total. The zero-order chi connectivity index (χ0) is 18.0. The summed E-state index contributed by atoms with van der Waals surface area (Å²) in [5.41, 5.74) is 5.43. The molecular formula is C16H25N5O4. The van der Waals surface area contributed by atoms with Gasteiger partial charge in [0.25, 0.3) is 0 Å². The van der Waals surface area contributed by atoms with Crippen molar-refractivity contribution in [3.8, 4) is 0 Å². The zero-order valence-corrected chi connectivity index (χ0v) is 14.2. The van der Waals surface area contributed by atoms with Gasteiger partial charge in [-0.15, -0.1) is 0 Å². The molecule has 3 rings (SSSR count). The second-order valence-corrected chi connectivity index (χ2v) is 6.48. The van der Waals surface area contributed by atoms with E-state index in [1.165, 1.54) is 12.7 Å². The number of nitrogens with two attached hydrogens (primary N) is 1. The van der Waals surface area contributed by atoms with E-state index in [4.69, 9.17) is 10.5 Å². The van der Waals surface area contributed by atoms with Crippen LogP contribution in [0, 0.1) is 0 Å². The first-order chi connectivity index (χ1) is 12.0. The number of hydrogen-bond donors (Lipinski definition) is 4. The molecule has 2 aromatic heterocycles. The lowest BCUT2D eigenvalue weighted by molar-refractivity contribution is -0.151. The van der Waals surface area contributed by atoms with Gasteiger partial charge in [-0.3, -0.25) is 4.57 Å². The molecule has 9 heteroatoms. The summed E-state index contributed by atoms with van der Waals surface area (Å²) in [6.45, 7) is 1.73. The molecule has 1 aliphatic rings. The fourth-order valence-corrected chi connectivity index (χ4v) is 3.48. The number of rotatable bonds is 7. The SMILES string of the molecule is CCCCCC[C@@]1(n2cnc3c(N)ncnc32)O[C@H](CO)[C@@H](O)[C@H]1O. The summed E-state index contributed by atoms with van der Waals surface area (Å²) in [7, 11) is 0. The van der Waals surface area contributed by atoms with E-state index in [1.807, 2.05) is 0 Å². The molecule has 1 fully saturated rings. The molecular weight excluding hydrogens is 326 g/mol. The summed E-state index contributed by atoms with van der Waals surface area (Å²) in [6, 6.07) is 0. The Bertz CT molecular complexity index is 724. The second-order valence-electron chi connectivity index (χ2n) is 6.48. The number of ether oxygens (including phenoxy) is 1. The van der Waals surface area contributed by atoms with E-state index in [0.29, 0.717) is 17.6 Å². The molecule has 138 valence electrons. The Morgan fingerprint density at radius 1 is 1.24 bits per heavy atom. The lowest BCUT2D eigenvalue weighted by Gasteiger charge is -2.34. The fraction of sp³-hybridized carbons (Fsp3) is 0.688. The lowest BCUT2D eigenvalue weighted by Crippen LogP contribution is -2.45. The maximum Gasteiger partial charge on any atom is 0.176 e. The minimum Gasteiger partial charge on any atom is -0.394 e. The van der Waals surface area contributed by atoms with Gasteiger partial charge in [-0.05, 0) is 12.8 Å². The summed E-state index contributed by atoms with van der Waals surface area (Å²) in [6.07, 6.45) is 3.87. The predicted molar refractivity (Wildman–Crippen MR) is 90.4 cm³/mol. The van der Waals surface area contributed by atoms with Gasteiger partial charge < -0.3 is 25.8 Å². The summed E-state index contributed by atoms with van der Waals surface area (Å²) >= 11 is 0. The maximum absolute atomic E-state index is 10.8. The molecule has 2 aromatic rings. The summed E-state index contributed by atoms with van der Waals surface area (Å²) in [5.74, 6) is 0.233. The highest BCUT2D eigenvalue weighted by molar-refractivity contribution is 5.81. The molecule has 0 spiro atoms. The van der Waals surface area contributed by atoms with Gasteiger partial charge in [0, 0.05) is 0 Å². The number of anilines is 1. The largest absolute Gasteiger partial charge is 0.394 e. The molecule has 0 saturated carbocycles. The Balaban J connectivity index is 2.03. The van der Waals surface area contributed by atoms with Crippen LogP contribution >= 0.6 is 0 Å². The quantitative estimate of drug-likeness (QED) is 0.517. The maximum atomic E-state index is 10.8. The molecule has 25 heavy (non-hydrogen) atoms. The van der Waals surface area contributed by atoms with Crippen LogP contribution in [0.25, 0.3) is 11.2 Å². The van der Waals surface area contributed by atoms with Crippen molar-refractivity contribution in [2.24, 2.45) is 0 Å². The van der Waals surface area contributed by atoms with Crippen LogP contribution in [0.2, 0.25) is 0 Å². The fourth-order valence-electron chi connectivity index (χ4n) is 3.48. The van der Waals surface area contributed by atoms with Crippen LogP contribution in [0.15, 0.2) is 12.7 Å². The predicted octanol–water partition coefficient (Wildman–Crippen LogP) is 0.145. The van der Waals surface area contributed by atoms with Gasteiger partial charge in [0.15, 0.2) is 17.2 Å². The van der Waals surface area contributed by atoms with Gasteiger partial charge in [-0.2, -0.15) is 0 Å². The standard InChI is InChI=1S/C16H25N5O4/c1-2-3-4-5-6-16(13(24)12(23)10(7-22)25-16)21-9-20-11-14(17)18-8-19-15(11)21/h8-10,12-13,22-24H,2-7H2,1H3,(H2,17,18,19)/t10-,12-,13-,16-/m1/s1. The smallest absolute Gasteiger partial charge is 0.176 e.